The highest BCUT2D eigenvalue weighted by Gasteiger charge is 2.22. The van der Waals surface area contributed by atoms with Gasteiger partial charge in [0, 0.05) is 6.54 Å². The van der Waals surface area contributed by atoms with Crippen LogP contribution in [0.15, 0.2) is 18.2 Å². The molecule has 11 heteroatoms. The van der Waals surface area contributed by atoms with Crippen molar-refractivity contribution in [2.45, 2.75) is 66.0 Å². The summed E-state index contributed by atoms with van der Waals surface area (Å²) in [6, 6.07) is 3.26. The van der Waals surface area contributed by atoms with Gasteiger partial charge < -0.3 is 34.1 Å². The average Bonchev–Trinajstić information content (AvgIpc) is 2.80. The molecule has 0 saturated carbocycles. The normalized spacial score (nSPS) is 12.4. The molecule has 0 fully saturated rings. The van der Waals surface area contributed by atoms with Gasteiger partial charge in [-0.15, -0.1) is 0 Å². The van der Waals surface area contributed by atoms with Crippen molar-refractivity contribution in [2.24, 2.45) is 5.92 Å². The third kappa shape index (κ3) is 11.6. The summed E-state index contributed by atoms with van der Waals surface area (Å²) in [5.41, 5.74) is 0.476. The maximum absolute atomic E-state index is 12.0. The Kier molecular flexibility index (Phi) is 13.2. The van der Waals surface area contributed by atoms with Crippen molar-refractivity contribution >= 4 is 24.2 Å². The van der Waals surface area contributed by atoms with Gasteiger partial charge in [-0.2, -0.15) is 0 Å². The molecule has 1 aromatic rings. The van der Waals surface area contributed by atoms with Crippen LogP contribution in [-0.4, -0.2) is 61.3 Å². The Hall–Kier alpha value is -3.34. The first kappa shape index (κ1) is 29.7. The molecule has 0 aliphatic heterocycles. The van der Waals surface area contributed by atoms with E-state index >= 15 is 0 Å². The van der Waals surface area contributed by atoms with Crippen LogP contribution in [0.2, 0.25) is 0 Å². The van der Waals surface area contributed by atoms with Gasteiger partial charge in [0.2, 0.25) is 0 Å². The number of hydrogen-bond donors (Lipinski definition) is 2. The first-order chi connectivity index (χ1) is 16.6. The Morgan fingerprint density at radius 3 is 2.00 bits per heavy atom. The molecule has 0 amide bonds. The minimum absolute atomic E-state index is 0.00110. The van der Waals surface area contributed by atoms with E-state index in [-0.39, 0.29) is 49.6 Å². The van der Waals surface area contributed by atoms with Gasteiger partial charge in [-0.3, -0.25) is 9.59 Å². The minimum atomic E-state index is -1.12. The Bertz CT molecular complexity index is 855. The smallest absolute Gasteiger partial charge is 0.480 e. The van der Waals surface area contributed by atoms with Crippen molar-refractivity contribution in [3.63, 3.8) is 0 Å². The van der Waals surface area contributed by atoms with Crippen molar-refractivity contribution in [1.82, 2.24) is 5.32 Å². The second-order valence-corrected chi connectivity index (χ2v) is 8.09. The molecule has 2 N–H and O–H groups in total. The van der Waals surface area contributed by atoms with Crippen molar-refractivity contribution in [3.05, 3.63) is 23.8 Å². The van der Waals surface area contributed by atoms with Crippen LogP contribution in [-0.2, 0) is 30.2 Å². The average molecular weight is 498 g/mol. The predicted molar refractivity (Wildman–Crippen MR) is 124 cm³/mol. The summed E-state index contributed by atoms with van der Waals surface area (Å²) < 4.78 is 25.3. The standard InChI is InChI=1S/C24H35NO10/c1-6-10-31-23(29)34-19-9-8-17(13-20(19)35-24(30)32-11-7-2)12-18(21(26)27)25-14-16(5)33-22(28)15(3)4/h8-9,13,15-16,18,25H,6-7,10-12,14H2,1-5H3,(H,26,27)/t16?,18-/m0/s1. The number of benzene rings is 1. The number of rotatable bonds is 14. The molecule has 0 spiro atoms. The maximum Gasteiger partial charge on any atom is 0.513 e. The van der Waals surface area contributed by atoms with Gasteiger partial charge in [0.15, 0.2) is 11.5 Å². The third-order valence-corrected chi connectivity index (χ3v) is 4.42. The second-order valence-electron chi connectivity index (χ2n) is 8.09. The van der Waals surface area contributed by atoms with E-state index in [0.29, 0.717) is 18.4 Å². The molecule has 35 heavy (non-hydrogen) atoms. The Morgan fingerprint density at radius 2 is 1.49 bits per heavy atom. The molecular formula is C24H35NO10. The fourth-order valence-electron chi connectivity index (χ4n) is 2.62. The molecule has 0 aromatic heterocycles. The van der Waals surface area contributed by atoms with Crippen molar-refractivity contribution < 1.29 is 48.0 Å². The molecule has 1 aromatic carbocycles. The van der Waals surface area contributed by atoms with Crippen LogP contribution in [0.4, 0.5) is 9.59 Å². The van der Waals surface area contributed by atoms with Crippen LogP contribution in [0, 0.1) is 5.92 Å². The third-order valence-electron chi connectivity index (χ3n) is 4.42. The molecule has 0 aliphatic carbocycles. The van der Waals surface area contributed by atoms with Gasteiger partial charge >= 0.3 is 24.2 Å². The van der Waals surface area contributed by atoms with E-state index in [1.54, 1.807) is 20.8 Å². The summed E-state index contributed by atoms with van der Waals surface area (Å²) in [6.07, 6.45) is -1.32. The summed E-state index contributed by atoms with van der Waals surface area (Å²) in [5.74, 6) is -2.01. The van der Waals surface area contributed by atoms with Gasteiger partial charge in [-0.25, -0.2) is 9.59 Å². The Morgan fingerprint density at radius 1 is 0.914 bits per heavy atom. The lowest BCUT2D eigenvalue weighted by Gasteiger charge is -2.20. The van der Waals surface area contributed by atoms with Crippen molar-refractivity contribution in [3.8, 4) is 11.5 Å². The lowest BCUT2D eigenvalue weighted by molar-refractivity contribution is -0.151. The molecule has 0 aliphatic rings. The number of carboxylic acids is 1. The summed E-state index contributed by atoms with van der Waals surface area (Å²) in [7, 11) is 0. The van der Waals surface area contributed by atoms with Crippen LogP contribution in [0.3, 0.4) is 0 Å². The quantitative estimate of drug-likeness (QED) is 0.220. The van der Waals surface area contributed by atoms with Crippen LogP contribution < -0.4 is 14.8 Å². The van der Waals surface area contributed by atoms with Gasteiger partial charge in [-0.1, -0.05) is 33.8 Å². The molecule has 0 radical (unpaired) electrons. The van der Waals surface area contributed by atoms with Crippen LogP contribution in [0.1, 0.15) is 53.0 Å². The SMILES string of the molecule is CCCOC(=O)Oc1ccc(C[C@H](NCC(C)OC(=O)C(C)C)C(=O)O)cc1OC(=O)OCCC. The zero-order valence-electron chi connectivity index (χ0n) is 20.8. The number of carboxylic acid groups (broad SMARTS) is 1. The zero-order valence-corrected chi connectivity index (χ0v) is 20.8. The maximum atomic E-state index is 12.0. The summed E-state index contributed by atoms with van der Waals surface area (Å²) >= 11 is 0. The molecule has 1 rings (SSSR count). The number of nitrogens with one attached hydrogen (secondary N) is 1. The molecule has 0 saturated heterocycles. The monoisotopic (exact) mass is 497 g/mol. The van der Waals surface area contributed by atoms with Crippen LogP contribution in [0.25, 0.3) is 0 Å². The Labute approximate surface area is 205 Å². The highest BCUT2D eigenvalue weighted by Crippen LogP contribution is 2.30. The van der Waals surface area contributed by atoms with Crippen molar-refractivity contribution in [1.29, 1.82) is 0 Å². The first-order valence-corrected chi connectivity index (χ1v) is 11.6. The fourth-order valence-corrected chi connectivity index (χ4v) is 2.62. The highest BCUT2D eigenvalue weighted by atomic mass is 16.7. The molecule has 2 atom stereocenters. The fraction of sp³-hybridized carbons (Fsp3) is 0.583. The summed E-state index contributed by atoms with van der Waals surface area (Å²) in [6.45, 7) is 9.11. The Balaban J connectivity index is 2.97. The second kappa shape index (κ2) is 15.5. The molecule has 196 valence electrons. The van der Waals surface area contributed by atoms with Gasteiger partial charge in [0.05, 0.1) is 19.1 Å². The van der Waals surface area contributed by atoms with Gasteiger partial charge in [-0.05, 0) is 43.9 Å². The predicted octanol–water partition coefficient (Wildman–Crippen LogP) is 3.71. The zero-order chi connectivity index (χ0) is 26.4. The van der Waals surface area contributed by atoms with Crippen LogP contribution >= 0.6 is 0 Å². The lowest BCUT2D eigenvalue weighted by atomic mass is 10.0. The highest BCUT2D eigenvalue weighted by molar-refractivity contribution is 5.74. The molecule has 0 bridgehead atoms. The number of aliphatic carboxylic acids is 1. The number of ether oxygens (including phenoxy) is 5. The van der Waals surface area contributed by atoms with E-state index in [9.17, 15) is 24.3 Å². The summed E-state index contributed by atoms with van der Waals surface area (Å²) in [4.78, 5) is 47.3. The molecule has 1 unspecified atom stereocenters. The minimum Gasteiger partial charge on any atom is -0.480 e. The largest absolute Gasteiger partial charge is 0.513 e. The van der Waals surface area contributed by atoms with E-state index in [4.69, 9.17) is 23.7 Å². The van der Waals surface area contributed by atoms with E-state index in [1.165, 1.54) is 18.2 Å². The number of carbonyl (C=O) groups is 4. The van der Waals surface area contributed by atoms with E-state index in [0.717, 1.165) is 0 Å². The van der Waals surface area contributed by atoms with Crippen LogP contribution in [0.5, 0.6) is 11.5 Å². The van der Waals surface area contributed by atoms with E-state index in [2.05, 4.69) is 5.32 Å². The first-order valence-electron chi connectivity index (χ1n) is 11.6. The van der Waals surface area contributed by atoms with Crippen molar-refractivity contribution in [2.75, 3.05) is 19.8 Å². The topological polar surface area (TPSA) is 147 Å². The molecule has 11 nitrogen and oxygen atoms in total. The molecule has 0 heterocycles. The number of esters is 1. The molecular weight excluding hydrogens is 462 g/mol. The van der Waals surface area contributed by atoms with E-state index < -0.39 is 30.4 Å². The van der Waals surface area contributed by atoms with Gasteiger partial charge in [0.25, 0.3) is 0 Å². The summed E-state index contributed by atoms with van der Waals surface area (Å²) in [5, 5.41) is 12.5. The lowest BCUT2D eigenvalue weighted by Crippen LogP contribution is -2.43. The number of hydrogen-bond acceptors (Lipinski definition) is 10. The van der Waals surface area contributed by atoms with E-state index in [1.807, 2.05) is 13.8 Å². The van der Waals surface area contributed by atoms with Gasteiger partial charge in [0.1, 0.15) is 12.1 Å². The number of carbonyl (C=O) groups excluding carboxylic acids is 3.